The van der Waals surface area contributed by atoms with Crippen molar-refractivity contribution in [2.24, 2.45) is 0 Å². The topological polar surface area (TPSA) is 25.8 Å². The van der Waals surface area contributed by atoms with Gasteiger partial charge in [0.05, 0.1) is 11.9 Å². The maximum Gasteiger partial charge on any atom is 0.0603 e. The van der Waals surface area contributed by atoms with Crippen molar-refractivity contribution in [2.45, 2.75) is 13.3 Å². The molecule has 0 spiro atoms. The second kappa shape index (κ2) is 3.11. The Kier molecular flexibility index (Phi) is 2.15. The zero-order valence-corrected chi connectivity index (χ0v) is 6.04. The zero-order valence-electron chi connectivity index (χ0n) is 6.04. The van der Waals surface area contributed by atoms with E-state index in [1.807, 2.05) is 19.1 Å². The molecular weight excluding hydrogens is 124 g/mol. The monoisotopic (exact) mass is 134 g/mol. The highest BCUT2D eigenvalue weighted by atomic mass is 15.1. The van der Waals surface area contributed by atoms with Crippen LogP contribution in [0.2, 0.25) is 0 Å². The Labute approximate surface area is 60.6 Å². The molecule has 0 aliphatic rings. The van der Waals surface area contributed by atoms with Gasteiger partial charge in [-0.05, 0) is 25.0 Å². The summed E-state index contributed by atoms with van der Waals surface area (Å²) in [5, 5.41) is 7.64. The lowest BCUT2D eigenvalue weighted by Gasteiger charge is -1.94. The van der Waals surface area contributed by atoms with Crippen molar-refractivity contribution >= 4 is 0 Å². The summed E-state index contributed by atoms with van der Waals surface area (Å²) in [5.41, 5.74) is 2.13. The maximum absolute atomic E-state index is 3.84. The number of hydrogen-bond donors (Lipinski definition) is 0. The minimum absolute atomic E-state index is 0.871. The van der Waals surface area contributed by atoms with Gasteiger partial charge < -0.3 is 0 Å². The summed E-state index contributed by atoms with van der Waals surface area (Å²) in [6, 6.07) is 2.01. The molecular formula is C8H10N2. The van der Waals surface area contributed by atoms with Crippen LogP contribution in [0.15, 0.2) is 24.9 Å². The summed E-state index contributed by atoms with van der Waals surface area (Å²) in [7, 11) is 0. The van der Waals surface area contributed by atoms with E-state index in [-0.39, 0.29) is 0 Å². The molecule has 1 rings (SSSR count). The standard InChI is InChI=1S/C8H10N2/c1-3-4-8-5-7(2)10-9-6-8/h3,5-6H,1,4H2,2H3. The van der Waals surface area contributed by atoms with Gasteiger partial charge in [-0.25, -0.2) is 0 Å². The number of aromatic nitrogens is 2. The summed E-state index contributed by atoms with van der Waals surface area (Å²) in [4.78, 5) is 0. The first kappa shape index (κ1) is 6.93. The van der Waals surface area contributed by atoms with E-state index >= 15 is 0 Å². The van der Waals surface area contributed by atoms with Crippen molar-refractivity contribution in [3.63, 3.8) is 0 Å². The van der Waals surface area contributed by atoms with Gasteiger partial charge in [0.25, 0.3) is 0 Å². The third kappa shape index (κ3) is 1.65. The third-order valence-corrected chi connectivity index (χ3v) is 1.21. The number of rotatable bonds is 2. The molecule has 0 aromatic carbocycles. The van der Waals surface area contributed by atoms with Crippen molar-refractivity contribution in [2.75, 3.05) is 0 Å². The molecule has 1 aromatic heterocycles. The molecule has 2 nitrogen and oxygen atoms in total. The lowest BCUT2D eigenvalue weighted by molar-refractivity contribution is 0.956. The van der Waals surface area contributed by atoms with Gasteiger partial charge in [-0.1, -0.05) is 6.08 Å². The summed E-state index contributed by atoms with van der Waals surface area (Å²) in [6.45, 7) is 5.57. The lowest BCUT2D eigenvalue weighted by atomic mass is 10.2. The van der Waals surface area contributed by atoms with Gasteiger partial charge in [-0.15, -0.1) is 6.58 Å². The molecule has 0 N–H and O–H groups in total. The van der Waals surface area contributed by atoms with Crippen LogP contribution in [0.1, 0.15) is 11.3 Å². The van der Waals surface area contributed by atoms with Gasteiger partial charge in [0.15, 0.2) is 0 Å². The molecule has 1 heterocycles. The summed E-state index contributed by atoms with van der Waals surface area (Å²) in [6.07, 6.45) is 4.49. The molecule has 2 heteroatoms. The Balaban J connectivity index is 2.84. The van der Waals surface area contributed by atoms with Crippen LogP contribution < -0.4 is 0 Å². The highest BCUT2D eigenvalue weighted by molar-refractivity contribution is 5.13. The molecule has 0 aliphatic heterocycles. The van der Waals surface area contributed by atoms with Gasteiger partial charge in [-0.3, -0.25) is 0 Å². The van der Waals surface area contributed by atoms with Crippen LogP contribution in [0, 0.1) is 6.92 Å². The third-order valence-electron chi connectivity index (χ3n) is 1.21. The van der Waals surface area contributed by atoms with Crippen LogP contribution in [-0.4, -0.2) is 10.2 Å². The quantitative estimate of drug-likeness (QED) is 0.573. The van der Waals surface area contributed by atoms with Crippen LogP contribution in [0.25, 0.3) is 0 Å². The van der Waals surface area contributed by atoms with Gasteiger partial charge in [0.1, 0.15) is 0 Å². The molecule has 0 radical (unpaired) electrons. The molecule has 0 saturated heterocycles. The predicted octanol–water partition coefficient (Wildman–Crippen LogP) is 1.51. The van der Waals surface area contributed by atoms with Gasteiger partial charge in [0, 0.05) is 0 Å². The van der Waals surface area contributed by atoms with E-state index in [2.05, 4.69) is 16.8 Å². The molecule has 10 heavy (non-hydrogen) atoms. The predicted molar refractivity (Wildman–Crippen MR) is 40.7 cm³/mol. The molecule has 0 saturated carbocycles. The molecule has 0 fully saturated rings. The van der Waals surface area contributed by atoms with E-state index in [4.69, 9.17) is 0 Å². The first-order valence-corrected chi connectivity index (χ1v) is 3.22. The fourth-order valence-electron chi connectivity index (χ4n) is 0.807. The van der Waals surface area contributed by atoms with Crippen molar-refractivity contribution in [1.82, 2.24) is 10.2 Å². The first-order valence-electron chi connectivity index (χ1n) is 3.22. The molecule has 1 aromatic rings. The van der Waals surface area contributed by atoms with E-state index in [1.165, 1.54) is 5.56 Å². The molecule has 0 aliphatic carbocycles. The number of nitrogens with zero attached hydrogens (tertiary/aromatic N) is 2. The maximum atomic E-state index is 3.84. The van der Waals surface area contributed by atoms with Gasteiger partial charge in [0.2, 0.25) is 0 Å². The summed E-state index contributed by atoms with van der Waals surface area (Å²) < 4.78 is 0. The van der Waals surface area contributed by atoms with Crippen LogP contribution in [0.3, 0.4) is 0 Å². The van der Waals surface area contributed by atoms with E-state index in [9.17, 15) is 0 Å². The number of aryl methyl sites for hydroxylation is 1. The Bertz CT molecular complexity index is 230. The Morgan fingerprint density at radius 3 is 3.10 bits per heavy atom. The zero-order chi connectivity index (χ0) is 7.40. The van der Waals surface area contributed by atoms with Crippen LogP contribution >= 0.6 is 0 Å². The minimum atomic E-state index is 0.871. The molecule has 0 atom stereocenters. The van der Waals surface area contributed by atoms with Gasteiger partial charge in [-0.2, -0.15) is 10.2 Å². The van der Waals surface area contributed by atoms with Crippen molar-refractivity contribution in [3.05, 3.63) is 36.2 Å². The van der Waals surface area contributed by atoms with Crippen LogP contribution in [0.4, 0.5) is 0 Å². The molecule has 0 unspecified atom stereocenters. The SMILES string of the molecule is C=CCc1cnnc(C)c1. The minimum Gasteiger partial charge on any atom is -0.159 e. The van der Waals surface area contributed by atoms with Crippen molar-refractivity contribution < 1.29 is 0 Å². The molecule has 0 amide bonds. The Morgan fingerprint density at radius 1 is 1.70 bits per heavy atom. The van der Waals surface area contributed by atoms with Crippen molar-refractivity contribution in [1.29, 1.82) is 0 Å². The molecule has 52 valence electrons. The van der Waals surface area contributed by atoms with Crippen LogP contribution in [0.5, 0.6) is 0 Å². The van der Waals surface area contributed by atoms with Crippen molar-refractivity contribution in [3.8, 4) is 0 Å². The fraction of sp³-hybridized carbons (Fsp3) is 0.250. The van der Waals surface area contributed by atoms with E-state index < -0.39 is 0 Å². The first-order chi connectivity index (χ1) is 4.83. The Hall–Kier alpha value is -1.18. The average molecular weight is 134 g/mol. The average Bonchev–Trinajstić information content (AvgIpc) is 1.88. The number of hydrogen-bond acceptors (Lipinski definition) is 2. The highest BCUT2D eigenvalue weighted by Crippen LogP contribution is 1.98. The Morgan fingerprint density at radius 2 is 2.50 bits per heavy atom. The highest BCUT2D eigenvalue weighted by Gasteiger charge is 1.89. The van der Waals surface area contributed by atoms with E-state index in [1.54, 1.807) is 6.20 Å². The normalized spacial score (nSPS) is 9.30. The molecule has 0 bridgehead atoms. The summed E-state index contributed by atoms with van der Waals surface area (Å²) in [5.74, 6) is 0. The number of allylic oxidation sites excluding steroid dienone is 1. The fourth-order valence-corrected chi connectivity index (χ4v) is 0.807. The second-order valence-electron chi connectivity index (χ2n) is 2.20. The van der Waals surface area contributed by atoms with Crippen LogP contribution in [-0.2, 0) is 6.42 Å². The summed E-state index contributed by atoms with van der Waals surface area (Å²) >= 11 is 0. The van der Waals surface area contributed by atoms with Gasteiger partial charge >= 0.3 is 0 Å². The largest absolute Gasteiger partial charge is 0.159 e. The van der Waals surface area contributed by atoms with E-state index in [0.29, 0.717) is 0 Å². The van der Waals surface area contributed by atoms with E-state index in [0.717, 1.165) is 12.1 Å². The smallest absolute Gasteiger partial charge is 0.0603 e. The lowest BCUT2D eigenvalue weighted by Crippen LogP contribution is -1.89. The second-order valence-corrected chi connectivity index (χ2v) is 2.20.